The van der Waals surface area contributed by atoms with E-state index in [1.807, 2.05) is 13.0 Å². The summed E-state index contributed by atoms with van der Waals surface area (Å²) in [6.45, 7) is 2.74. The van der Waals surface area contributed by atoms with Gasteiger partial charge in [0.2, 0.25) is 0 Å². The molecule has 1 saturated heterocycles. The fourth-order valence-electron chi connectivity index (χ4n) is 1.45. The Kier molecular flexibility index (Phi) is 1.63. The summed E-state index contributed by atoms with van der Waals surface area (Å²) in [6.07, 6.45) is 3.45. The SMILES string of the molecule is Cc1cnccc1C1(O)COC1. The molecule has 3 nitrogen and oxygen atoms in total. The van der Waals surface area contributed by atoms with E-state index in [1.54, 1.807) is 12.4 Å². The zero-order valence-corrected chi connectivity index (χ0v) is 6.95. The molecule has 1 fully saturated rings. The van der Waals surface area contributed by atoms with Gasteiger partial charge >= 0.3 is 0 Å². The van der Waals surface area contributed by atoms with Gasteiger partial charge in [0.15, 0.2) is 0 Å². The molecule has 12 heavy (non-hydrogen) atoms. The first-order chi connectivity index (χ1) is 5.72. The first kappa shape index (κ1) is 7.71. The lowest BCUT2D eigenvalue weighted by Gasteiger charge is -2.37. The molecule has 1 aromatic rings. The molecule has 1 aliphatic heterocycles. The minimum Gasteiger partial charge on any atom is -0.380 e. The van der Waals surface area contributed by atoms with E-state index in [4.69, 9.17) is 4.74 Å². The summed E-state index contributed by atoms with van der Waals surface area (Å²) in [5, 5.41) is 9.91. The van der Waals surface area contributed by atoms with E-state index in [9.17, 15) is 5.11 Å². The molecule has 0 bridgehead atoms. The van der Waals surface area contributed by atoms with E-state index in [2.05, 4.69) is 4.98 Å². The van der Waals surface area contributed by atoms with Crippen LogP contribution in [0.25, 0.3) is 0 Å². The molecular weight excluding hydrogens is 154 g/mol. The minimum absolute atomic E-state index is 0.401. The fourth-order valence-corrected chi connectivity index (χ4v) is 1.45. The predicted octanol–water partition coefficient (Wildman–Crippen LogP) is 0.608. The molecule has 0 radical (unpaired) electrons. The molecular formula is C9H11NO2. The van der Waals surface area contributed by atoms with Gasteiger partial charge in [0, 0.05) is 12.4 Å². The zero-order valence-electron chi connectivity index (χ0n) is 6.95. The number of aromatic nitrogens is 1. The highest BCUT2D eigenvalue weighted by atomic mass is 16.5. The number of hydrogen-bond donors (Lipinski definition) is 1. The van der Waals surface area contributed by atoms with Crippen molar-refractivity contribution in [2.24, 2.45) is 0 Å². The average molecular weight is 165 g/mol. The number of nitrogens with zero attached hydrogens (tertiary/aromatic N) is 1. The Morgan fingerprint density at radius 3 is 2.83 bits per heavy atom. The van der Waals surface area contributed by atoms with Crippen LogP contribution in [0, 0.1) is 6.92 Å². The van der Waals surface area contributed by atoms with Crippen molar-refractivity contribution in [2.75, 3.05) is 13.2 Å². The summed E-state index contributed by atoms with van der Waals surface area (Å²) in [4.78, 5) is 3.96. The quantitative estimate of drug-likeness (QED) is 0.663. The fraction of sp³-hybridized carbons (Fsp3) is 0.444. The lowest BCUT2D eigenvalue weighted by atomic mass is 9.90. The van der Waals surface area contributed by atoms with E-state index in [1.165, 1.54) is 0 Å². The van der Waals surface area contributed by atoms with Gasteiger partial charge in [-0.05, 0) is 24.1 Å². The number of rotatable bonds is 1. The first-order valence-electron chi connectivity index (χ1n) is 3.94. The van der Waals surface area contributed by atoms with E-state index in [0.717, 1.165) is 11.1 Å². The number of pyridine rings is 1. The predicted molar refractivity (Wildman–Crippen MR) is 43.7 cm³/mol. The Morgan fingerprint density at radius 1 is 1.58 bits per heavy atom. The molecule has 3 heteroatoms. The number of ether oxygens (including phenoxy) is 1. The van der Waals surface area contributed by atoms with Gasteiger partial charge in [0.1, 0.15) is 5.60 Å². The van der Waals surface area contributed by atoms with Crippen LogP contribution in [-0.2, 0) is 10.3 Å². The third-order valence-corrected chi connectivity index (χ3v) is 2.20. The smallest absolute Gasteiger partial charge is 0.136 e. The minimum atomic E-state index is -0.757. The highest BCUT2D eigenvalue weighted by molar-refractivity contribution is 5.29. The van der Waals surface area contributed by atoms with Crippen molar-refractivity contribution in [1.29, 1.82) is 0 Å². The van der Waals surface area contributed by atoms with Crippen molar-refractivity contribution in [3.8, 4) is 0 Å². The van der Waals surface area contributed by atoms with Crippen LogP contribution in [0.15, 0.2) is 18.5 Å². The normalized spacial score (nSPS) is 20.2. The number of hydrogen-bond acceptors (Lipinski definition) is 3. The highest BCUT2D eigenvalue weighted by Crippen LogP contribution is 2.30. The lowest BCUT2D eigenvalue weighted by molar-refractivity contribution is -0.185. The van der Waals surface area contributed by atoms with Gasteiger partial charge in [-0.2, -0.15) is 0 Å². The van der Waals surface area contributed by atoms with Gasteiger partial charge in [0.05, 0.1) is 13.2 Å². The van der Waals surface area contributed by atoms with Gasteiger partial charge in [-0.15, -0.1) is 0 Å². The van der Waals surface area contributed by atoms with Crippen molar-refractivity contribution in [2.45, 2.75) is 12.5 Å². The molecule has 0 unspecified atom stereocenters. The third-order valence-electron chi connectivity index (χ3n) is 2.20. The van der Waals surface area contributed by atoms with Crippen LogP contribution in [0.3, 0.4) is 0 Å². The number of aliphatic hydroxyl groups is 1. The van der Waals surface area contributed by atoms with Crippen molar-refractivity contribution in [3.63, 3.8) is 0 Å². The van der Waals surface area contributed by atoms with Crippen molar-refractivity contribution < 1.29 is 9.84 Å². The van der Waals surface area contributed by atoms with Gasteiger partial charge < -0.3 is 9.84 Å². The summed E-state index contributed by atoms with van der Waals surface area (Å²) < 4.78 is 4.98. The molecule has 0 aliphatic carbocycles. The molecule has 1 aromatic heterocycles. The average Bonchev–Trinajstić information content (AvgIpc) is 2.01. The van der Waals surface area contributed by atoms with Crippen molar-refractivity contribution >= 4 is 0 Å². The highest BCUT2D eigenvalue weighted by Gasteiger charge is 2.38. The Bertz CT molecular complexity index is 294. The van der Waals surface area contributed by atoms with E-state index >= 15 is 0 Å². The van der Waals surface area contributed by atoms with Crippen molar-refractivity contribution in [1.82, 2.24) is 4.98 Å². The van der Waals surface area contributed by atoms with Gasteiger partial charge in [-0.3, -0.25) is 4.98 Å². The topological polar surface area (TPSA) is 42.4 Å². The van der Waals surface area contributed by atoms with Gasteiger partial charge in [-0.25, -0.2) is 0 Å². The van der Waals surface area contributed by atoms with E-state index in [0.29, 0.717) is 13.2 Å². The molecule has 2 rings (SSSR count). The molecule has 64 valence electrons. The summed E-state index contributed by atoms with van der Waals surface area (Å²) in [7, 11) is 0. The molecule has 0 aromatic carbocycles. The largest absolute Gasteiger partial charge is 0.380 e. The van der Waals surface area contributed by atoms with Crippen LogP contribution in [0.1, 0.15) is 11.1 Å². The van der Waals surface area contributed by atoms with Gasteiger partial charge in [-0.1, -0.05) is 0 Å². The van der Waals surface area contributed by atoms with Crippen LogP contribution < -0.4 is 0 Å². The first-order valence-corrected chi connectivity index (χ1v) is 3.94. The second-order valence-electron chi connectivity index (χ2n) is 3.21. The van der Waals surface area contributed by atoms with Crippen LogP contribution in [0.2, 0.25) is 0 Å². The Balaban J connectivity index is 2.39. The Morgan fingerprint density at radius 2 is 2.33 bits per heavy atom. The van der Waals surface area contributed by atoms with E-state index in [-0.39, 0.29) is 0 Å². The molecule has 1 aliphatic rings. The summed E-state index contributed by atoms with van der Waals surface area (Å²) in [5.74, 6) is 0. The molecule has 0 amide bonds. The Hall–Kier alpha value is -0.930. The van der Waals surface area contributed by atoms with E-state index < -0.39 is 5.60 Å². The zero-order chi connectivity index (χ0) is 8.60. The van der Waals surface area contributed by atoms with Crippen LogP contribution in [0.4, 0.5) is 0 Å². The van der Waals surface area contributed by atoms with Gasteiger partial charge in [0.25, 0.3) is 0 Å². The van der Waals surface area contributed by atoms with Crippen LogP contribution >= 0.6 is 0 Å². The third kappa shape index (κ3) is 1.02. The lowest BCUT2D eigenvalue weighted by Crippen LogP contribution is -2.47. The second kappa shape index (κ2) is 2.54. The molecule has 2 heterocycles. The molecule has 0 spiro atoms. The number of aryl methyl sites for hydroxylation is 1. The second-order valence-corrected chi connectivity index (χ2v) is 3.21. The molecule has 1 N–H and O–H groups in total. The maximum absolute atomic E-state index is 9.91. The molecule has 0 saturated carbocycles. The summed E-state index contributed by atoms with van der Waals surface area (Å²) in [6, 6.07) is 1.85. The maximum Gasteiger partial charge on any atom is 0.136 e. The van der Waals surface area contributed by atoms with Crippen molar-refractivity contribution in [3.05, 3.63) is 29.6 Å². The Labute approximate surface area is 71.0 Å². The van der Waals surface area contributed by atoms with Crippen LogP contribution in [-0.4, -0.2) is 23.3 Å². The monoisotopic (exact) mass is 165 g/mol. The standard InChI is InChI=1S/C9H11NO2/c1-7-4-10-3-2-8(7)9(11)5-12-6-9/h2-4,11H,5-6H2,1H3. The maximum atomic E-state index is 9.91. The summed E-state index contributed by atoms with van der Waals surface area (Å²) in [5.41, 5.74) is 1.19. The van der Waals surface area contributed by atoms with Crippen LogP contribution in [0.5, 0.6) is 0 Å². The summed E-state index contributed by atoms with van der Waals surface area (Å²) >= 11 is 0. The molecule has 0 atom stereocenters.